The van der Waals surface area contributed by atoms with Gasteiger partial charge in [-0.05, 0) is 38.6 Å². The minimum Gasteiger partial charge on any atom is -0.322 e. The van der Waals surface area contributed by atoms with Crippen molar-refractivity contribution in [3.63, 3.8) is 0 Å². The Morgan fingerprint density at radius 1 is 1.36 bits per heavy atom. The molecule has 0 aromatic rings. The van der Waals surface area contributed by atoms with Crippen molar-refractivity contribution < 1.29 is 4.79 Å². The molecule has 2 aliphatic rings. The fourth-order valence-corrected chi connectivity index (χ4v) is 3.29. The summed E-state index contributed by atoms with van der Waals surface area (Å²) in [7, 11) is 0. The molecule has 2 fully saturated rings. The fourth-order valence-electron chi connectivity index (χ4n) is 2.18. The van der Waals surface area contributed by atoms with Gasteiger partial charge in [0.25, 0.3) is 0 Å². The van der Waals surface area contributed by atoms with E-state index in [1.54, 1.807) is 11.9 Å². The molecule has 1 saturated heterocycles. The van der Waals surface area contributed by atoms with Crippen LogP contribution in [-0.4, -0.2) is 21.2 Å². The monoisotopic (exact) mass is 214 g/mol. The van der Waals surface area contributed by atoms with E-state index in [9.17, 15) is 4.79 Å². The number of carbonyl (C=O) groups is 1. The van der Waals surface area contributed by atoms with Crippen LogP contribution in [-0.2, 0) is 0 Å². The average Bonchev–Trinajstić information content (AvgIpc) is 2.41. The summed E-state index contributed by atoms with van der Waals surface area (Å²) in [5.41, 5.74) is 0. The molecule has 2 amide bonds. The molecule has 14 heavy (non-hydrogen) atoms. The number of urea groups is 1. The largest absolute Gasteiger partial charge is 0.328 e. The zero-order chi connectivity index (χ0) is 10.2. The molecule has 1 heterocycles. The van der Waals surface area contributed by atoms with E-state index < -0.39 is 0 Å². The smallest absolute Gasteiger partial charge is 0.322 e. The van der Waals surface area contributed by atoms with Gasteiger partial charge in [-0.2, -0.15) is 0 Å². The standard InChI is InChI=1S/C10H18N2OS/c1-10(2)11-9(13)12(14-10)8-6-4-3-5-7-8/h8H,3-7H2,1-2H3,(H,11,13). The fraction of sp³-hybridized carbons (Fsp3) is 0.900. The van der Waals surface area contributed by atoms with Gasteiger partial charge in [0.2, 0.25) is 0 Å². The Morgan fingerprint density at radius 3 is 2.50 bits per heavy atom. The summed E-state index contributed by atoms with van der Waals surface area (Å²) >= 11 is 1.66. The van der Waals surface area contributed by atoms with Crippen molar-refractivity contribution in [3.8, 4) is 0 Å². The lowest BCUT2D eigenvalue weighted by molar-refractivity contribution is 0.209. The molecule has 80 valence electrons. The number of carbonyl (C=O) groups excluding carboxylic acids is 1. The number of hydrogen-bond acceptors (Lipinski definition) is 2. The maximum absolute atomic E-state index is 11.7. The van der Waals surface area contributed by atoms with Gasteiger partial charge in [0.1, 0.15) is 4.87 Å². The lowest BCUT2D eigenvalue weighted by Crippen LogP contribution is -2.37. The van der Waals surface area contributed by atoms with Gasteiger partial charge in [0.05, 0.1) is 0 Å². The van der Waals surface area contributed by atoms with Crippen molar-refractivity contribution in [1.29, 1.82) is 0 Å². The van der Waals surface area contributed by atoms with Crippen molar-refractivity contribution in [2.45, 2.75) is 56.9 Å². The highest BCUT2D eigenvalue weighted by atomic mass is 32.2. The first-order valence-electron chi connectivity index (χ1n) is 5.39. The first-order chi connectivity index (χ1) is 6.58. The van der Waals surface area contributed by atoms with Gasteiger partial charge in [-0.3, -0.25) is 4.31 Å². The molecule has 1 saturated carbocycles. The van der Waals surface area contributed by atoms with Gasteiger partial charge in [-0.1, -0.05) is 19.3 Å². The summed E-state index contributed by atoms with van der Waals surface area (Å²) < 4.78 is 1.96. The molecule has 0 unspecified atom stereocenters. The molecule has 1 aliphatic carbocycles. The zero-order valence-corrected chi connectivity index (χ0v) is 9.69. The number of nitrogens with zero attached hydrogens (tertiary/aromatic N) is 1. The first-order valence-corrected chi connectivity index (χ1v) is 6.16. The zero-order valence-electron chi connectivity index (χ0n) is 8.88. The van der Waals surface area contributed by atoms with E-state index in [0.29, 0.717) is 6.04 Å². The third-order valence-corrected chi connectivity index (χ3v) is 4.06. The average molecular weight is 214 g/mol. The second-order valence-electron chi connectivity index (χ2n) is 4.65. The summed E-state index contributed by atoms with van der Waals surface area (Å²) in [4.78, 5) is 11.6. The predicted molar refractivity (Wildman–Crippen MR) is 58.9 cm³/mol. The van der Waals surface area contributed by atoms with Crippen LogP contribution in [0.25, 0.3) is 0 Å². The van der Waals surface area contributed by atoms with Crippen LogP contribution in [0.15, 0.2) is 0 Å². The quantitative estimate of drug-likeness (QED) is 0.681. The number of amides is 2. The Labute approximate surface area is 89.7 Å². The molecule has 0 bridgehead atoms. The molecule has 2 rings (SSSR count). The Kier molecular flexibility index (Phi) is 2.64. The van der Waals surface area contributed by atoms with Gasteiger partial charge >= 0.3 is 6.03 Å². The molecule has 1 aliphatic heterocycles. The highest BCUT2D eigenvalue weighted by molar-refractivity contribution is 7.99. The number of nitrogens with one attached hydrogen (secondary N) is 1. The van der Waals surface area contributed by atoms with Crippen LogP contribution < -0.4 is 5.32 Å². The summed E-state index contributed by atoms with van der Waals surface area (Å²) in [6, 6.07) is 0.572. The topological polar surface area (TPSA) is 32.3 Å². The Balaban J connectivity index is 2.00. The van der Waals surface area contributed by atoms with Gasteiger partial charge in [-0.15, -0.1) is 0 Å². The normalized spacial score (nSPS) is 27.9. The molecule has 0 aromatic carbocycles. The van der Waals surface area contributed by atoms with Crippen LogP contribution in [0.5, 0.6) is 0 Å². The summed E-state index contributed by atoms with van der Waals surface area (Å²) in [5, 5.41) is 2.99. The Bertz CT molecular complexity index is 236. The van der Waals surface area contributed by atoms with Crippen molar-refractivity contribution in [3.05, 3.63) is 0 Å². The van der Waals surface area contributed by atoms with E-state index in [4.69, 9.17) is 0 Å². The van der Waals surface area contributed by atoms with Crippen LogP contribution in [0.2, 0.25) is 0 Å². The van der Waals surface area contributed by atoms with Gasteiger partial charge in [-0.25, -0.2) is 4.79 Å². The van der Waals surface area contributed by atoms with E-state index in [1.165, 1.54) is 32.1 Å². The minimum absolute atomic E-state index is 0.104. The molecular weight excluding hydrogens is 196 g/mol. The Morgan fingerprint density at radius 2 is 2.00 bits per heavy atom. The SMILES string of the molecule is CC1(C)NC(=O)N(C2CCCCC2)S1. The van der Waals surface area contributed by atoms with E-state index in [-0.39, 0.29) is 10.9 Å². The van der Waals surface area contributed by atoms with Gasteiger partial charge in [0, 0.05) is 6.04 Å². The van der Waals surface area contributed by atoms with Crippen LogP contribution in [0.4, 0.5) is 4.79 Å². The third-order valence-electron chi connectivity index (χ3n) is 2.84. The lowest BCUT2D eigenvalue weighted by Gasteiger charge is -2.29. The number of hydrogen-bond donors (Lipinski definition) is 1. The highest BCUT2D eigenvalue weighted by Gasteiger charge is 2.39. The summed E-state index contributed by atoms with van der Waals surface area (Å²) in [5.74, 6) is 0. The maximum Gasteiger partial charge on any atom is 0.328 e. The molecule has 0 aromatic heterocycles. The third kappa shape index (κ3) is 2.00. The maximum atomic E-state index is 11.7. The van der Waals surface area contributed by atoms with Crippen LogP contribution >= 0.6 is 11.9 Å². The summed E-state index contributed by atoms with van der Waals surface area (Å²) in [6.45, 7) is 4.11. The predicted octanol–water partition coefficient (Wildman–Crippen LogP) is 2.73. The molecule has 1 N–H and O–H groups in total. The molecule has 0 spiro atoms. The molecular formula is C10H18N2OS. The second-order valence-corrected chi connectivity index (χ2v) is 6.25. The summed E-state index contributed by atoms with van der Waals surface area (Å²) in [6.07, 6.45) is 6.23. The van der Waals surface area contributed by atoms with Gasteiger partial charge < -0.3 is 5.32 Å². The minimum atomic E-state index is -0.117. The van der Waals surface area contributed by atoms with Crippen molar-refractivity contribution in [2.24, 2.45) is 0 Å². The highest BCUT2D eigenvalue weighted by Crippen LogP contribution is 2.37. The van der Waals surface area contributed by atoms with E-state index in [1.807, 2.05) is 4.31 Å². The van der Waals surface area contributed by atoms with E-state index >= 15 is 0 Å². The van der Waals surface area contributed by atoms with Crippen molar-refractivity contribution in [2.75, 3.05) is 0 Å². The van der Waals surface area contributed by atoms with Crippen molar-refractivity contribution >= 4 is 18.0 Å². The number of rotatable bonds is 1. The molecule has 4 heteroatoms. The van der Waals surface area contributed by atoms with Gasteiger partial charge in [0.15, 0.2) is 0 Å². The molecule has 0 radical (unpaired) electrons. The van der Waals surface area contributed by atoms with E-state index in [0.717, 1.165) is 0 Å². The lowest BCUT2D eigenvalue weighted by atomic mass is 9.96. The second kappa shape index (κ2) is 3.65. The van der Waals surface area contributed by atoms with Crippen LogP contribution in [0.1, 0.15) is 46.0 Å². The molecule has 0 atom stereocenters. The Hall–Kier alpha value is -0.380. The van der Waals surface area contributed by atoms with Crippen LogP contribution in [0.3, 0.4) is 0 Å². The van der Waals surface area contributed by atoms with E-state index in [2.05, 4.69) is 19.2 Å². The first kappa shape index (κ1) is 10.1. The van der Waals surface area contributed by atoms with Crippen LogP contribution in [0, 0.1) is 0 Å². The van der Waals surface area contributed by atoms with Crippen molar-refractivity contribution in [1.82, 2.24) is 9.62 Å². The molecule has 3 nitrogen and oxygen atoms in total.